The number of pyridine rings is 1. The summed E-state index contributed by atoms with van der Waals surface area (Å²) in [7, 11) is 0. The molecule has 104 valence electrons. The van der Waals surface area contributed by atoms with Gasteiger partial charge in [-0.25, -0.2) is 9.78 Å². The molecular formula is C14H19NO4. The largest absolute Gasteiger partial charge is 0.477 e. The van der Waals surface area contributed by atoms with Crippen LogP contribution in [-0.4, -0.2) is 34.4 Å². The van der Waals surface area contributed by atoms with Gasteiger partial charge in [0.1, 0.15) is 11.7 Å². The summed E-state index contributed by atoms with van der Waals surface area (Å²) in [5.41, 5.74) is 0.852. The van der Waals surface area contributed by atoms with Gasteiger partial charge in [0.2, 0.25) is 5.88 Å². The Labute approximate surface area is 112 Å². The molecular weight excluding hydrogens is 246 g/mol. The van der Waals surface area contributed by atoms with Crippen LogP contribution in [0.5, 0.6) is 5.88 Å². The van der Waals surface area contributed by atoms with Crippen LogP contribution in [0.15, 0.2) is 12.1 Å². The second kappa shape index (κ2) is 5.57. The molecule has 19 heavy (non-hydrogen) atoms. The van der Waals surface area contributed by atoms with Crippen molar-refractivity contribution in [2.24, 2.45) is 0 Å². The van der Waals surface area contributed by atoms with Gasteiger partial charge in [0.05, 0.1) is 12.2 Å². The van der Waals surface area contributed by atoms with Gasteiger partial charge in [-0.1, -0.05) is 0 Å². The van der Waals surface area contributed by atoms with E-state index in [4.69, 9.17) is 14.6 Å². The zero-order valence-corrected chi connectivity index (χ0v) is 11.4. The summed E-state index contributed by atoms with van der Waals surface area (Å²) < 4.78 is 11.4. The lowest BCUT2D eigenvalue weighted by atomic mass is 10.0. The molecule has 0 aromatic carbocycles. The zero-order valence-electron chi connectivity index (χ0n) is 11.4. The number of rotatable bonds is 3. The third kappa shape index (κ3) is 3.44. The maximum Gasteiger partial charge on any atom is 0.341 e. The van der Waals surface area contributed by atoms with Gasteiger partial charge in [0.15, 0.2) is 0 Å². The average molecular weight is 265 g/mol. The number of carboxylic acid groups (broad SMARTS) is 1. The van der Waals surface area contributed by atoms with Crippen molar-refractivity contribution >= 4 is 5.97 Å². The predicted octanol–water partition coefficient (Wildman–Crippen LogP) is 2.42. The number of aromatic carboxylic acids is 1. The summed E-state index contributed by atoms with van der Waals surface area (Å²) in [6, 6.07) is 3.21. The van der Waals surface area contributed by atoms with Gasteiger partial charge in [-0.3, -0.25) is 0 Å². The summed E-state index contributed by atoms with van der Waals surface area (Å²) >= 11 is 0. The summed E-state index contributed by atoms with van der Waals surface area (Å²) in [6.45, 7) is 5.80. The van der Waals surface area contributed by atoms with E-state index in [2.05, 4.69) is 4.98 Å². The van der Waals surface area contributed by atoms with Crippen LogP contribution in [0, 0.1) is 6.92 Å². The quantitative estimate of drug-likeness (QED) is 0.909. The van der Waals surface area contributed by atoms with Crippen molar-refractivity contribution < 1.29 is 19.4 Å². The Bertz CT molecular complexity index is 465. The van der Waals surface area contributed by atoms with Crippen molar-refractivity contribution in [1.29, 1.82) is 0 Å². The Morgan fingerprint density at radius 1 is 1.37 bits per heavy atom. The van der Waals surface area contributed by atoms with E-state index in [0.717, 1.165) is 18.5 Å². The van der Waals surface area contributed by atoms with Crippen LogP contribution >= 0.6 is 0 Å². The Morgan fingerprint density at radius 2 is 2.00 bits per heavy atom. The van der Waals surface area contributed by atoms with Gasteiger partial charge in [0, 0.05) is 18.5 Å². The highest BCUT2D eigenvalue weighted by molar-refractivity contribution is 5.90. The number of hydrogen-bond acceptors (Lipinski definition) is 4. The molecule has 0 aliphatic carbocycles. The topological polar surface area (TPSA) is 68.7 Å². The first kappa shape index (κ1) is 13.8. The molecule has 1 aromatic rings. The van der Waals surface area contributed by atoms with Crippen LogP contribution in [0.4, 0.5) is 0 Å². The molecule has 0 amide bonds. The molecule has 0 radical (unpaired) electrons. The van der Waals surface area contributed by atoms with E-state index in [-0.39, 0.29) is 29.8 Å². The van der Waals surface area contributed by atoms with Crippen molar-refractivity contribution in [2.75, 3.05) is 0 Å². The van der Waals surface area contributed by atoms with E-state index in [1.54, 1.807) is 6.07 Å². The monoisotopic (exact) mass is 265 g/mol. The van der Waals surface area contributed by atoms with Crippen molar-refractivity contribution in [2.45, 2.75) is 51.9 Å². The fourth-order valence-electron chi connectivity index (χ4n) is 2.38. The third-order valence-corrected chi connectivity index (χ3v) is 3.16. The molecule has 0 saturated carbocycles. The molecule has 5 heteroatoms. The zero-order chi connectivity index (χ0) is 14.0. The minimum absolute atomic E-state index is 0.0499. The molecule has 1 fully saturated rings. The maximum atomic E-state index is 11.2. The van der Waals surface area contributed by atoms with Crippen LogP contribution in [0.3, 0.4) is 0 Å². The third-order valence-electron chi connectivity index (χ3n) is 3.16. The van der Waals surface area contributed by atoms with E-state index in [9.17, 15) is 4.79 Å². The van der Waals surface area contributed by atoms with Gasteiger partial charge in [0.25, 0.3) is 0 Å². The second-order valence-corrected chi connectivity index (χ2v) is 5.08. The summed E-state index contributed by atoms with van der Waals surface area (Å²) in [6.07, 6.45) is 1.68. The molecule has 0 spiro atoms. The van der Waals surface area contributed by atoms with Crippen LogP contribution in [0.1, 0.15) is 42.7 Å². The Hall–Kier alpha value is -1.62. The molecule has 2 unspecified atom stereocenters. The van der Waals surface area contributed by atoms with Gasteiger partial charge in [-0.2, -0.15) is 0 Å². The lowest BCUT2D eigenvalue weighted by Gasteiger charge is -2.32. The molecule has 1 aromatic heterocycles. The molecule has 0 bridgehead atoms. The minimum atomic E-state index is -1.02. The van der Waals surface area contributed by atoms with Gasteiger partial charge >= 0.3 is 5.97 Å². The molecule has 2 rings (SSSR count). The number of carbonyl (C=O) groups is 1. The van der Waals surface area contributed by atoms with Crippen LogP contribution < -0.4 is 4.74 Å². The first-order valence-corrected chi connectivity index (χ1v) is 6.48. The minimum Gasteiger partial charge on any atom is -0.477 e. The predicted molar refractivity (Wildman–Crippen MR) is 69.6 cm³/mol. The number of ether oxygens (including phenoxy) is 2. The highest BCUT2D eigenvalue weighted by Crippen LogP contribution is 2.25. The molecule has 2 atom stereocenters. The summed E-state index contributed by atoms with van der Waals surface area (Å²) in [5.74, 6) is -0.811. The van der Waals surface area contributed by atoms with Gasteiger partial charge in [-0.15, -0.1) is 0 Å². The van der Waals surface area contributed by atoms with E-state index < -0.39 is 5.97 Å². The van der Waals surface area contributed by atoms with Crippen molar-refractivity contribution in [3.8, 4) is 5.88 Å². The van der Waals surface area contributed by atoms with Gasteiger partial charge < -0.3 is 14.6 Å². The number of aromatic nitrogens is 1. The summed E-state index contributed by atoms with van der Waals surface area (Å²) in [4.78, 5) is 15.4. The average Bonchev–Trinajstić information content (AvgIpc) is 2.26. The smallest absolute Gasteiger partial charge is 0.341 e. The van der Waals surface area contributed by atoms with E-state index >= 15 is 0 Å². The standard InChI is InChI=1S/C14H19NO4/c1-8-4-5-12(14(16)17)13(15-8)19-11-6-9(2)18-10(3)7-11/h4-5,9-11H,6-7H2,1-3H3,(H,16,17). The van der Waals surface area contributed by atoms with E-state index in [0.29, 0.717) is 0 Å². The first-order chi connectivity index (χ1) is 8.95. The molecule has 2 heterocycles. The highest BCUT2D eigenvalue weighted by Gasteiger charge is 2.27. The Balaban J connectivity index is 2.18. The van der Waals surface area contributed by atoms with E-state index in [1.165, 1.54) is 6.07 Å². The van der Waals surface area contributed by atoms with E-state index in [1.807, 2.05) is 20.8 Å². The Morgan fingerprint density at radius 3 is 2.58 bits per heavy atom. The fraction of sp³-hybridized carbons (Fsp3) is 0.571. The lowest BCUT2D eigenvalue weighted by Crippen LogP contribution is -2.36. The van der Waals surface area contributed by atoms with Crippen LogP contribution in [0.25, 0.3) is 0 Å². The van der Waals surface area contributed by atoms with Crippen molar-refractivity contribution in [3.05, 3.63) is 23.4 Å². The normalized spacial score (nSPS) is 27.0. The highest BCUT2D eigenvalue weighted by atomic mass is 16.5. The number of carboxylic acids is 1. The summed E-state index contributed by atoms with van der Waals surface area (Å²) in [5, 5.41) is 9.15. The molecule has 1 aliphatic rings. The second-order valence-electron chi connectivity index (χ2n) is 5.08. The van der Waals surface area contributed by atoms with Crippen molar-refractivity contribution in [3.63, 3.8) is 0 Å². The molecule has 1 saturated heterocycles. The number of aryl methyl sites for hydroxylation is 1. The number of hydrogen-bond donors (Lipinski definition) is 1. The van der Waals surface area contributed by atoms with Gasteiger partial charge in [-0.05, 0) is 32.9 Å². The fourth-order valence-corrected chi connectivity index (χ4v) is 2.38. The number of nitrogens with zero attached hydrogens (tertiary/aromatic N) is 1. The first-order valence-electron chi connectivity index (χ1n) is 6.48. The van der Waals surface area contributed by atoms with Crippen molar-refractivity contribution in [1.82, 2.24) is 4.98 Å². The van der Waals surface area contributed by atoms with Crippen LogP contribution in [-0.2, 0) is 4.74 Å². The Kier molecular flexibility index (Phi) is 4.04. The lowest BCUT2D eigenvalue weighted by molar-refractivity contribution is -0.0731. The molecule has 5 nitrogen and oxygen atoms in total. The molecule has 1 N–H and O–H groups in total. The maximum absolute atomic E-state index is 11.2. The molecule has 1 aliphatic heterocycles. The SMILES string of the molecule is Cc1ccc(C(=O)O)c(OC2CC(C)OC(C)C2)n1. The van der Waals surface area contributed by atoms with Crippen LogP contribution in [0.2, 0.25) is 0 Å².